The minimum absolute atomic E-state index is 0.0697. The van der Waals surface area contributed by atoms with Crippen LogP contribution in [0.5, 0.6) is 0 Å². The number of fused-ring (bicyclic) bond motifs is 2. The first-order chi connectivity index (χ1) is 9.52. The van der Waals surface area contributed by atoms with Gasteiger partial charge < -0.3 is 15.7 Å². The van der Waals surface area contributed by atoms with Gasteiger partial charge in [-0.05, 0) is 50.0 Å². The predicted octanol–water partition coefficient (Wildman–Crippen LogP) is 1.31. The largest absolute Gasteiger partial charge is 0.481 e. The Labute approximate surface area is 124 Å². The first kappa shape index (κ1) is 15.6. The molecule has 0 aromatic carbocycles. The standard InChI is InChI=1S/C14H24N2O3S/c1-20-5-4-12(15)14(19)16-10-2-3-11(16)7-9(6-10)8-13(17)18/h9-12H,2-8,15H2,1H3,(H,17,18)/t9?,10?,11?,12-/m0/s1. The number of aliphatic carboxylic acids is 1. The number of carboxylic acid groups (broad SMARTS) is 1. The molecule has 5 nitrogen and oxygen atoms in total. The van der Waals surface area contributed by atoms with Gasteiger partial charge in [0.1, 0.15) is 0 Å². The van der Waals surface area contributed by atoms with Gasteiger partial charge in [0.15, 0.2) is 0 Å². The molecule has 2 rings (SSSR count). The van der Waals surface area contributed by atoms with Gasteiger partial charge in [-0.15, -0.1) is 0 Å². The first-order valence-electron chi connectivity index (χ1n) is 7.31. The minimum Gasteiger partial charge on any atom is -0.481 e. The lowest BCUT2D eigenvalue weighted by molar-refractivity contribution is -0.140. The first-order valence-corrected chi connectivity index (χ1v) is 8.70. The van der Waals surface area contributed by atoms with Crippen molar-refractivity contribution >= 4 is 23.6 Å². The summed E-state index contributed by atoms with van der Waals surface area (Å²) < 4.78 is 0. The Morgan fingerprint density at radius 1 is 1.35 bits per heavy atom. The molecule has 0 aliphatic carbocycles. The van der Waals surface area contributed by atoms with E-state index in [1.54, 1.807) is 11.8 Å². The predicted molar refractivity (Wildman–Crippen MR) is 79.6 cm³/mol. The number of carboxylic acids is 1. The number of piperidine rings is 1. The number of amides is 1. The molecule has 0 aromatic heterocycles. The van der Waals surface area contributed by atoms with Crippen molar-refractivity contribution in [1.82, 2.24) is 4.90 Å². The van der Waals surface area contributed by atoms with Gasteiger partial charge >= 0.3 is 5.97 Å². The van der Waals surface area contributed by atoms with E-state index in [-0.39, 0.29) is 30.3 Å². The number of carbonyl (C=O) groups excluding carboxylic acids is 1. The summed E-state index contributed by atoms with van der Waals surface area (Å²) in [6, 6.07) is 0.0263. The Bertz CT molecular complexity index is 363. The third kappa shape index (κ3) is 3.47. The van der Waals surface area contributed by atoms with E-state index in [1.165, 1.54) is 0 Å². The fraction of sp³-hybridized carbons (Fsp3) is 0.857. The highest BCUT2D eigenvalue weighted by Gasteiger charge is 2.44. The molecule has 2 heterocycles. The highest BCUT2D eigenvalue weighted by atomic mass is 32.2. The maximum atomic E-state index is 12.5. The van der Waals surface area contributed by atoms with Gasteiger partial charge in [-0.3, -0.25) is 9.59 Å². The minimum atomic E-state index is -0.731. The van der Waals surface area contributed by atoms with E-state index in [2.05, 4.69) is 0 Å². The van der Waals surface area contributed by atoms with Crippen LogP contribution < -0.4 is 5.73 Å². The summed E-state index contributed by atoms with van der Waals surface area (Å²) in [7, 11) is 0. The molecule has 114 valence electrons. The molecular formula is C14H24N2O3S. The topological polar surface area (TPSA) is 83.6 Å². The third-order valence-electron chi connectivity index (χ3n) is 4.50. The zero-order valence-electron chi connectivity index (χ0n) is 12.0. The fourth-order valence-electron chi connectivity index (χ4n) is 3.62. The van der Waals surface area contributed by atoms with Gasteiger partial charge in [0.05, 0.1) is 6.04 Å². The van der Waals surface area contributed by atoms with E-state index in [1.807, 2.05) is 11.2 Å². The number of thioether (sulfide) groups is 1. The Kier molecular flexibility index (Phi) is 5.32. The Hall–Kier alpha value is -0.750. The molecule has 2 aliphatic rings. The van der Waals surface area contributed by atoms with Gasteiger partial charge in [-0.2, -0.15) is 11.8 Å². The summed E-state index contributed by atoms with van der Waals surface area (Å²) >= 11 is 1.70. The van der Waals surface area contributed by atoms with Crippen LogP contribution in [-0.4, -0.2) is 52.0 Å². The molecule has 0 radical (unpaired) electrons. The van der Waals surface area contributed by atoms with Crippen LogP contribution >= 0.6 is 11.8 Å². The van der Waals surface area contributed by atoms with Gasteiger partial charge in [0.25, 0.3) is 0 Å². The van der Waals surface area contributed by atoms with Gasteiger partial charge in [-0.25, -0.2) is 0 Å². The number of nitrogens with zero attached hydrogens (tertiary/aromatic N) is 1. The molecule has 20 heavy (non-hydrogen) atoms. The van der Waals surface area contributed by atoms with Crippen molar-refractivity contribution in [2.45, 2.75) is 56.7 Å². The van der Waals surface area contributed by atoms with E-state index in [0.717, 1.165) is 31.4 Å². The summed E-state index contributed by atoms with van der Waals surface area (Å²) in [6.07, 6.45) is 6.61. The van der Waals surface area contributed by atoms with E-state index in [9.17, 15) is 9.59 Å². The fourth-order valence-corrected chi connectivity index (χ4v) is 4.11. The normalized spacial score (nSPS) is 30.3. The lowest BCUT2D eigenvalue weighted by atomic mass is 9.87. The van der Waals surface area contributed by atoms with E-state index >= 15 is 0 Å². The maximum Gasteiger partial charge on any atom is 0.303 e. The van der Waals surface area contributed by atoms with Crippen molar-refractivity contribution in [3.8, 4) is 0 Å². The second-order valence-electron chi connectivity index (χ2n) is 5.95. The average molecular weight is 300 g/mol. The van der Waals surface area contributed by atoms with Crippen molar-refractivity contribution < 1.29 is 14.7 Å². The van der Waals surface area contributed by atoms with E-state index < -0.39 is 12.0 Å². The molecule has 3 N–H and O–H groups in total. The molecule has 2 aliphatic heterocycles. The van der Waals surface area contributed by atoms with Crippen LogP contribution in [0.2, 0.25) is 0 Å². The number of carbonyl (C=O) groups is 2. The summed E-state index contributed by atoms with van der Waals surface area (Å²) in [4.78, 5) is 25.3. The maximum absolute atomic E-state index is 12.5. The summed E-state index contributed by atoms with van der Waals surface area (Å²) in [6.45, 7) is 0. The summed E-state index contributed by atoms with van der Waals surface area (Å²) in [5.41, 5.74) is 6.00. The highest BCUT2D eigenvalue weighted by Crippen LogP contribution is 2.40. The number of rotatable bonds is 6. The van der Waals surface area contributed by atoms with Crippen LogP contribution in [0.3, 0.4) is 0 Å². The molecule has 1 amide bonds. The second kappa shape index (κ2) is 6.80. The summed E-state index contributed by atoms with van der Waals surface area (Å²) in [5.74, 6) is 0.459. The van der Waals surface area contributed by atoms with Crippen molar-refractivity contribution in [2.24, 2.45) is 11.7 Å². The van der Waals surface area contributed by atoms with Gasteiger partial charge in [0.2, 0.25) is 5.91 Å². The molecule has 3 atom stereocenters. The SMILES string of the molecule is CSCC[C@H](N)C(=O)N1C2CCC1CC(CC(=O)O)C2. The zero-order chi connectivity index (χ0) is 14.7. The molecule has 0 aromatic rings. The van der Waals surface area contributed by atoms with Crippen molar-refractivity contribution in [3.63, 3.8) is 0 Å². The summed E-state index contributed by atoms with van der Waals surface area (Å²) in [5, 5.41) is 8.92. The molecule has 2 saturated heterocycles. The van der Waals surface area contributed by atoms with Crippen molar-refractivity contribution in [2.75, 3.05) is 12.0 Å². The number of nitrogens with two attached hydrogens (primary N) is 1. The quantitative estimate of drug-likeness (QED) is 0.773. The zero-order valence-corrected chi connectivity index (χ0v) is 12.8. The number of hydrogen-bond donors (Lipinski definition) is 2. The van der Waals surface area contributed by atoms with E-state index in [0.29, 0.717) is 6.42 Å². The molecule has 0 spiro atoms. The monoisotopic (exact) mass is 300 g/mol. The Morgan fingerprint density at radius 2 is 1.95 bits per heavy atom. The Balaban J connectivity index is 1.94. The lowest BCUT2D eigenvalue weighted by Crippen LogP contribution is -2.52. The smallest absolute Gasteiger partial charge is 0.303 e. The highest BCUT2D eigenvalue weighted by molar-refractivity contribution is 7.98. The van der Waals surface area contributed by atoms with Gasteiger partial charge in [-0.1, -0.05) is 0 Å². The molecule has 2 bridgehead atoms. The van der Waals surface area contributed by atoms with Crippen LogP contribution in [0.4, 0.5) is 0 Å². The van der Waals surface area contributed by atoms with Crippen LogP contribution in [-0.2, 0) is 9.59 Å². The Morgan fingerprint density at radius 3 is 2.45 bits per heavy atom. The molecule has 2 fully saturated rings. The van der Waals surface area contributed by atoms with Gasteiger partial charge in [0, 0.05) is 18.5 Å². The van der Waals surface area contributed by atoms with Crippen LogP contribution in [0, 0.1) is 5.92 Å². The molecule has 0 saturated carbocycles. The van der Waals surface area contributed by atoms with Crippen LogP contribution in [0.25, 0.3) is 0 Å². The third-order valence-corrected chi connectivity index (χ3v) is 5.14. The van der Waals surface area contributed by atoms with Crippen LogP contribution in [0.15, 0.2) is 0 Å². The van der Waals surface area contributed by atoms with Crippen molar-refractivity contribution in [3.05, 3.63) is 0 Å². The molecule has 6 heteroatoms. The molecule has 2 unspecified atom stereocenters. The average Bonchev–Trinajstić information content (AvgIpc) is 2.66. The second-order valence-corrected chi connectivity index (χ2v) is 6.94. The number of hydrogen-bond acceptors (Lipinski definition) is 4. The van der Waals surface area contributed by atoms with Crippen LogP contribution in [0.1, 0.15) is 38.5 Å². The van der Waals surface area contributed by atoms with Crippen molar-refractivity contribution in [1.29, 1.82) is 0 Å². The molecular weight excluding hydrogens is 276 g/mol. The lowest BCUT2D eigenvalue weighted by Gasteiger charge is -2.39. The van der Waals surface area contributed by atoms with E-state index in [4.69, 9.17) is 10.8 Å².